The van der Waals surface area contributed by atoms with Crippen LogP contribution >= 0.6 is 11.8 Å². The van der Waals surface area contributed by atoms with Gasteiger partial charge in [-0.3, -0.25) is 14.5 Å². The van der Waals surface area contributed by atoms with Gasteiger partial charge in [-0.25, -0.2) is 14.6 Å². The fourth-order valence-corrected chi connectivity index (χ4v) is 5.41. The first-order valence-electron chi connectivity index (χ1n) is 12.7. The number of halogens is 3. The lowest BCUT2D eigenvalue weighted by atomic mass is 9.96. The van der Waals surface area contributed by atoms with Crippen LogP contribution in [0.25, 0.3) is 0 Å². The summed E-state index contributed by atoms with van der Waals surface area (Å²) < 4.78 is 31.7. The van der Waals surface area contributed by atoms with Crippen LogP contribution in [0.2, 0.25) is 0 Å². The molecule has 0 saturated carbocycles. The zero-order valence-electron chi connectivity index (χ0n) is 21.9. The van der Waals surface area contributed by atoms with Crippen molar-refractivity contribution in [2.45, 2.75) is 69.8 Å². The van der Waals surface area contributed by atoms with Crippen LogP contribution in [0.4, 0.5) is 13.2 Å². The van der Waals surface area contributed by atoms with E-state index in [1.807, 2.05) is 11.2 Å². The van der Waals surface area contributed by atoms with E-state index in [2.05, 4.69) is 27.1 Å². The number of hydrogen-bond acceptors (Lipinski definition) is 7. The third kappa shape index (κ3) is 9.71. The van der Waals surface area contributed by atoms with Crippen LogP contribution in [-0.2, 0) is 25.6 Å². The summed E-state index contributed by atoms with van der Waals surface area (Å²) in [4.78, 5) is 57.6. The maximum atomic E-state index is 13.0. The Hall–Kier alpha value is -2.81. The molecule has 2 saturated heterocycles. The summed E-state index contributed by atoms with van der Waals surface area (Å²) in [6.07, 6.45) is 4.40. The monoisotopic (exact) mass is 579 g/mol. The Balaban J connectivity index is 0.000000673. The molecule has 3 rings (SSSR count). The topological polar surface area (TPSA) is 156 Å². The first-order chi connectivity index (χ1) is 18.4. The van der Waals surface area contributed by atoms with E-state index in [0.717, 1.165) is 38.0 Å². The third-order valence-corrected chi connectivity index (χ3v) is 7.62. The lowest BCUT2D eigenvalue weighted by Gasteiger charge is -2.34. The molecule has 39 heavy (non-hydrogen) atoms. The van der Waals surface area contributed by atoms with Crippen molar-refractivity contribution in [2.24, 2.45) is 5.92 Å². The molecule has 0 radical (unpaired) electrons. The van der Waals surface area contributed by atoms with Gasteiger partial charge in [-0.15, -0.1) is 0 Å². The van der Waals surface area contributed by atoms with E-state index in [9.17, 15) is 32.7 Å². The lowest BCUT2D eigenvalue weighted by molar-refractivity contribution is -0.192. The molecule has 1 aromatic heterocycles. The van der Waals surface area contributed by atoms with E-state index in [0.29, 0.717) is 31.1 Å². The molecule has 0 aliphatic carbocycles. The van der Waals surface area contributed by atoms with Crippen LogP contribution in [0, 0.1) is 5.92 Å². The van der Waals surface area contributed by atoms with Gasteiger partial charge < -0.3 is 25.4 Å². The number of carbonyl (C=O) groups is 4. The number of amides is 2. The normalized spacial score (nSPS) is 22.2. The molecule has 1 aromatic rings. The summed E-state index contributed by atoms with van der Waals surface area (Å²) in [6, 6.07) is -1.14. The summed E-state index contributed by atoms with van der Waals surface area (Å²) >= 11 is 1.57. The maximum Gasteiger partial charge on any atom is 0.490 e. The Morgan fingerprint density at radius 1 is 1.23 bits per heavy atom. The Kier molecular flexibility index (Phi) is 12.5. The van der Waals surface area contributed by atoms with E-state index in [1.54, 1.807) is 24.3 Å². The van der Waals surface area contributed by atoms with E-state index in [-0.39, 0.29) is 30.3 Å². The van der Waals surface area contributed by atoms with Gasteiger partial charge in [0.2, 0.25) is 11.8 Å². The highest BCUT2D eigenvalue weighted by Crippen LogP contribution is 2.30. The van der Waals surface area contributed by atoms with Gasteiger partial charge in [0.15, 0.2) is 0 Å². The number of carboxylic acids is 2. The van der Waals surface area contributed by atoms with Gasteiger partial charge in [-0.2, -0.15) is 24.9 Å². The van der Waals surface area contributed by atoms with Crippen molar-refractivity contribution in [2.75, 3.05) is 31.6 Å². The second-order valence-corrected chi connectivity index (χ2v) is 10.5. The van der Waals surface area contributed by atoms with Crippen molar-refractivity contribution >= 4 is 35.5 Å². The molecule has 15 heteroatoms. The number of nitrogens with one attached hydrogen (secondary N) is 2. The Labute approximate surface area is 228 Å². The minimum atomic E-state index is -5.08. The summed E-state index contributed by atoms with van der Waals surface area (Å²) in [7, 11) is 0. The van der Waals surface area contributed by atoms with Crippen LogP contribution < -0.4 is 5.32 Å². The van der Waals surface area contributed by atoms with Gasteiger partial charge in [0.25, 0.3) is 0 Å². The number of aromatic amines is 1. The molecule has 2 fully saturated rings. The zero-order chi connectivity index (χ0) is 29.2. The van der Waals surface area contributed by atoms with Crippen molar-refractivity contribution in [1.29, 1.82) is 0 Å². The fourth-order valence-electron chi connectivity index (χ4n) is 4.94. The molecule has 0 unspecified atom stereocenters. The molecule has 4 N–H and O–H groups in total. The van der Waals surface area contributed by atoms with Gasteiger partial charge in [-0.05, 0) is 50.2 Å². The van der Waals surface area contributed by atoms with Crippen LogP contribution in [-0.4, -0.2) is 110 Å². The lowest BCUT2D eigenvalue weighted by Crippen LogP contribution is -2.53. The number of carboxylic acid groups (broad SMARTS) is 2. The molecule has 2 amide bonds. The zero-order valence-corrected chi connectivity index (χ0v) is 22.8. The number of aromatic nitrogens is 2. The number of alkyl halides is 3. The molecule has 2 aliphatic rings. The van der Waals surface area contributed by atoms with Crippen molar-refractivity contribution < 1.29 is 42.6 Å². The summed E-state index contributed by atoms with van der Waals surface area (Å²) in [6.45, 7) is 4.31. The maximum absolute atomic E-state index is 13.0. The van der Waals surface area contributed by atoms with Gasteiger partial charge in [0.1, 0.15) is 6.04 Å². The SMILES string of the molecule is CC[C@H]1CCN(C(=O)Cc2c[nH]cn2)[C@@H]1CN1CCC[C@H]1C(=O)N[C@@H](CCSC)C(=O)O.O=C(O)C(F)(F)F. The number of rotatable bonds is 11. The molecule has 0 spiro atoms. The smallest absolute Gasteiger partial charge is 0.480 e. The van der Waals surface area contributed by atoms with Gasteiger partial charge in [-0.1, -0.05) is 13.3 Å². The predicted octanol–water partition coefficient (Wildman–Crippen LogP) is 2.00. The van der Waals surface area contributed by atoms with E-state index < -0.39 is 24.2 Å². The number of aliphatic carboxylic acids is 2. The van der Waals surface area contributed by atoms with Crippen molar-refractivity contribution in [3.63, 3.8) is 0 Å². The van der Waals surface area contributed by atoms with Crippen LogP contribution in [0.15, 0.2) is 12.5 Å². The van der Waals surface area contributed by atoms with Crippen molar-refractivity contribution in [3.05, 3.63) is 18.2 Å². The Bertz CT molecular complexity index is 965. The second kappa shape index (κ2) is 15.1. The number of hydrogen-bond donors (Lipinski definition) is 4. The molecule has 0 bridgehead atoms. The third-order valence-electron chi connectivity index (χ3n) is 6.97. The minimum Gasteiger partial charge on any atom is -0.480 e. The van der Waals surface area contributed by atoms with Crippen molar-refractivity contribution in [3.8, 4) is 0 Å². The number of H-pyrrole nitrogens is 1. The average molecular weight is 580 g/mol. The van der Waals surface area contributed by atoms with Gasteiger partial charge in [0.05, 0.1) is 24.5 Å². The van der Waals surface area contributed by atoms with E-state index in [4.69, 9.17) is 9.90 Å². The molecule has 3 heterocycles. The quantitative estimate of drug-likeness (QED) is 0.308. The molecule has 2 aliphatic heterocycles. The number of thioether (sulfide) groups is 1. The highest BCUT2D eigenvalue weighted by molar-refractivity contribution is 7.98. The fraction of sp³-hybridized carbons (Fsp3) is 0.708. The van der Waals surface area contributed by atoms with Crippen LogP contribution in [0.5, 0.6) is 0 Å². The summed E-state index contributed by atoms with van der Waals surface area (Å²) in [5, 5.41) is 19.3. The summed E-state index contributed by atoms with van der Waals surface area (Å²) in [5.74, 6) is -2.81. The molecule has 11 nitrogen and oxygen atoms in total. The Morgan fingerprint density at radius 3 is 2.46 bits per heavy atom. The standard InChI is InChI=1S/C22H35N5O4S.C2HF3O2/c1-3-15-6-9-27(20(28)11-16-12-23-14-24-16)19(15)13-26-8-4-5-18(26)21(29)25-17(22(30)31)7-10-32-2;3-2(4,5)1(6)7/h12,14-15,17-19H,3-11,13H2,1-2H3,(H,23,24)(H,25,29)(H,30,31);(H,6,7)/t15-,17-,18-,19+;/m0./s1. The number of imidazole rings is 1. The minimum absolute atomic E-state index is 0.0617. The second-order valence-electron chi connectivity index (χ2n) is 9.49. The molecular formula is C24H36F3N5O6S. The number of likely N-dealkylation sites (tertiary alicyclic amines) is 2. The largest absolute Gasteiger partial charge is 0.490 e. The molecule has 4 atom stereocenters. The average Bonchev–Trinajstić information content (AvgIpc) is 3.63. The highest BCUT2D eigenvalue weighted by atomic mass is 32.2. The Morgan fingerprint density at radius 2 is 1.92 bits per heavy atom. The van der Waals surface area contributed by atoms with E-state index >= 15 is 0 Å². The van der Waals surface area contributed by atoms with E-state index in [1.165, 1.54) is 0 Å². The first kappa shape index (κ1) is 32.4. The molecular weight excluding hydrogens is 543 g/mol. The molecule has 0 aromatic carbocycles. The highest BCUT2D eigenvalue weighted by Gasteiger charge is 2.41. The number of nitrogens with zero attached hydrogens (tertiary/aromatic N) is 3. The van der Waals surface area contributed by atoms with Crippen LogP contribution in [0.3, 0.4) is 0 Å². The predicted molar refractivity (Wildman–Crippen MR) is 137 cm³/mol. The first-order valence-corrected chi connectivity index (χ1v) is 14.1. The van der Waals surface area contributed by atoms with Gasteiger partial charge >= 0.3 is 18.1 Å². The molecule has 220 valence electrons. The van der Waals surface area contributed by atoms with Crippen molar-refractivity contribution in [1.82, 2.24) is 25.1 Å². The van der Waals surface area contributed by atoms with Crippen LogP contribution in [0.1, 0.15) is 44.7 Å². The van der Waals surface area contributed by atoms with Gasteiger partial charge in [0, 0.05) is 25.3 Å². The summed E-state index contributed by atoms with van der Waals surface area (Å²) in [5.41, 5.74) is 0.733. The number of carbonyl (C=O) groups excluding carboxylic acids is 2.